The van der Waals surface area contributed by atoms with Crippen molar-refractivity contribution < 1.29 is 14.7 Å². The van der Waals surface area contributed by atoms with Crippen molar-refractivity contribution in [3.8, 4) is 0 Å². The van der Waals surface area contributed by atoms with E-state index in [9.17, 15) is 19.5 Å². The molecule has 0 amide bonds. The molecule has 2 aliphatic rings. The number of hydrogen-bond acceptors (Lipinski definition) is 6. The lowest BCUT2D eigenvalue weighted by molar-refractivity contribution is -0.108. The number of fused-ring (bicyclic) bond motifs is 1. The summed E-state index contributed by atoms with van der Waals surface area (Å²) < 4.78 is 1.81. The molecule has 1 aliphatic carbocycles. The van der Waals surface area contributed by atoms with E-state index >= 15 is 0 Å². The molecule has 0 unspecified atom stereocenters. The Morgan fingerprint density at radius 2 is 2.00 bits per heavy atom. The zero-order valence-electron chi connectivity index (χ0n) is 15.3. The van der Waals surface area contributed by atoms with E-state index in [0.717, 1.165) is 51.9 Å². The predicted molar refractivity (Wildman–Crippen MR) is 106 cm³/mol. The van der Waals surface area contributed by atoms with Crippen molar-refractivity contribution in [2.24, 2.45) is 0 Å². The molecular formula is C19H21ClN4O4. The van der Waals surface area contributed by atoms with E-state index in [0.29, 0.717) is 22.9 Å². The van der Waals surface area contributed by atoms with E-state index in [2.05, 4.69) is 9.80 Å². The van der Waals surface area contributed by atoms with Gasteiger partial charge in [0.2, 0.25) is 5.43 Å². The standard InChI is InChI=1S/C19H21ClN4O4/c20-15-10-13-16(26)14(19(27)28)11-24(12-2-3-12)17(13)21-18(15)23-7-5-22(6-8-23)4-1-9-25/h9-12H,1-8H2,(H,27,28). The zero-order valence-corrected chi connectivity index (χ0v) is 16.1. The minimum atomic E-state index is -1.24. The third kappa shape index (κ3) is 3.49. The van der Waals surface area contributed by atoms with E-state index < -0.39 is 11.4 Å². The Morgan fingerprint density at radius 3 is 2.61 bits per heavy atom. The number of piperazine rings is 1. The van der Waals surface area contributed by atoms with Crippen molar-refractivity contribution in [2.75, 3.05) is 37.6 Å². The Morgan fingerprint density at radius 1 is 1.29 bits per heavy atom. The maximum absolute atomic E-state index is 12.6. The molecule has 0 atom stereocenters. The van der Waals surface area contributed by atoms with Crippen molar-refractivity contribution in [3.05, 3.63) is 33.1 Å². The molecule has 1 saturated carbocycles. The van der Waals surface area contributed by atoms with Gasteiger partial charge in [-0.05, 0) is 18.9 Å². The van der Waals surface area contributed by atoms with Crippen molar-refractivity contribution in [3.63, 3.8) is 0 Å². The molecule has 9 heteroatoms. The molecule has 3 heterocycles. The van der Waals surface area contributed by atoms with Gasteiger partial charge in [-0.15, -0.1) is 0 Å². The average molecular weight is 405 g/mol. The smallest absolute Gasteiger partial charge is 0.341 e. The summed E-state index contributed by atoms with van der Waals surface area (Å²) in [6.45, 7) is 3.79. The molecule has 2 fully saturated rings. The Kier molecular flexibility index (Phi) is 5.07. The molecule has 0 radical (unpaired) electrons. The summed E-state index contributed by atoms with van der Waals surface area (Å²) in [6, 6.07) is 1.72. The third-order valence-corrected chi connectivity index (χ3v) is 5.62. The van der Waals surface area contributed by atoms with Gasteiger partial charge in [0.1, 0.15) is 23.3 Å². The molecule has 1 N–H and O–H groups in total. The van der Waals surface area contributed by atoms with Crippen LogP contribution in [0.1, 0.15) is 35.7 Å². The van der Waals surface area contributed by atoms with Gasteiger partial charge >= 0.3 is 5.97 Å². The van der Waals surface area contributed by atoms with Crippen LogP contribution < -0.4 is 10.3 Å². The van der Waals surface area contributed by atoms with Gasteiger partial charge in [0, 0.05) is 51.4 Å². The monoisotopic (exact) mass is 404 g/mol. The van der Waals surface area contributed by atoms with E-state index in [4.69, 9.17) is 16.6 Å². The van der Waals surface area contributed by atoms with Crippen LogP contribution in [0.2, 0.25) is 5.02 Å². The molecular weight excluding hydrogens is 384 g/mol. The Labute approximate surface area is 166 Å². The zero-order chi connectivity index (χ0) is 19.8. The van der Waals surface area contributed by atoms with Gasteiger partial charge in [-0.2, -0.15) is 0 Å². The number of hydrogen-bond donors (Lipinski definition) is 1. The van der Waals surface area contributed by atoms with Crippen LogP contribution in [0.3, 0.4) is 0 Å². The molecule has 0 bridgehead atoms. The lowest BCUT2D eigenvalue weighted by atomic mass is 10.2. The number of carboxylic acids is 1. The fourth-order valence-electron chi connectivity index (χ4n) is 3.66. The number of aromatic nitrogens is 2. The van der Waals surface area contributed by atoms with Gasteiger partial charge in [-0.1, -0.05) is 11.6 Å². The second-order valence-electron chi connectivity index (χ2n) is 7.26. The lowest BCUT2D eigenvalue weighted by Gasteiger charge is -2.35. The number of carbonyl (C=O) groups is 2. The highest BCUT2D eigenvalue weighted by molar-refractivity contribution is 6.33. The first-order valence-corrected chi connectivity index (χ1v) is 9.77. The minimum absolute atomic E-state index is 0.169. The van der Waals surface area contributed by atoms with Gasteiger partial charge < -0.3 is 19.4 Å². The molecule has 28 heavy (non-hydrogen) atoms. The van der Waals surface area contributed by atoms with Gasteiger partial charge in [-0.25, -0.2) is 9.78 Å². The number of carbonyl (C=O) groups excluding carboxylic acids is 1. The fraction of sp³-hybridized carbons (Fsp3) is 0.474. The molecule has 2 aromatic rings. The topological polar surface area (TPSA) is 95.7 Å². The number of anilines is 1. The number of rotatable bonds is 6. The second-order valence-corrected chi connectivity index (χ2v) is 7.67. The number of halogens is 1. The normalized spacial score (nSPS) is 17.8. The van der Waals surface area contributed by atoms with E-state index in [1.165, 1.54) is 6.20 Å². The summed E-state index contributed by atoms with van der Waals surface area (Å²) in [5.41, 5.74) is -0.326. The molecule has 8 nitrogen and oxygen atoms in total. The van der Waals surface area contributed by atoms with Gasteiger partial charge in [0.05, 0.1) is 10.4 Å². The first kappa shape index (κ1) is 18.9. The van der Waals surface area contributed by atoms with Crippen LogP contribution in [0.4, 0.5) is 5.82 Å². The van der Waals surface area contributed by atoms with Gasteiger partial charge in [-0.3, -0.25) is 9.69 Å². The molecule has 1 aliphatic heterocycles. The number of carboxylic acid groups (broad SMARTS) is 1. The third-order valence-electron chi connectivity index (χ3n) is 5.35. The summed E-state index contributed by atoms with van der Waals surface area (Å²) in [7, 11) is 0. The number of pyridine rings is 2. The van der Waals surface area contributed by atoms with Gasteiger partial charge in [0.25, 0.3) is 0 Å². The number of nitrogens with zero attached hydrogens (tertiary/aromatic N) is 4. The summed E-state index contributed by atoms with van der Waals surface area (Å²) in [5, 5.41) is 9.95. The largest absolute Gasteiger partial charge is 0.477 e. The van der Waals surface area contributed by atoms with Crippen molar-refractivity contribution in [2.45, 2.75) is 25.3 Å². The highest BCUT2D eigenvalue weighted by atomic mass is 35.5. The Balaban J connectivity index is 1.71. The van der Waals surface area contributed by atoms with Crippen molar-refractivity contribution in [1.82, 2.24) is 14.5 Å². The Hall–Kier alpha value is -2.45. The number of aromatic carboxylic acids is 1. The van der Waals surface area contributed by atoms with Crippen LogP contribution in [0.5, 0.6) is 0 Å². The van der Waals surface area contributed by atoms with Crippen LogP contribution in [0.15, 0.2) is 17.1 Å². The van der Waals surface area contributed by atoms with E-state index in [1.54, 1.807) is 10.6 Å². The molecule has 0 spiro atoms. The molecule has 2 aromatic heterocycles. The fourth-order valence-corrected chi connectivity index (χ4v) is 3.93. The maximum Gasteiger partial charge on any atom is 0.341 e. The van der Waals surface area contributed by atoms with E-state index in [1.807, 2.05) is 0 Å². The highest BCUT2D eigenvalue weighted by Gasteiger charge is 2.29. The van der Waals surface area contributed by atoms with Crippen molar-refractivity contribution in [1.29, 1.82) is 0 Å². The van der Waals surface area contributed by atoms with E-state index in [-0.39, 0.29) is 17.0 Å². The number of aldehydes is 1. The van der Waals surface area contributed by atoms with Crippen molar-refractivity contribution >= 4 is 40.7 Å². The minimum Gasteiger partial charge on any atom is -0.477 e. The van der Waals surface area contributed by atoms with Gasteiger partial charge in [0.15, 0.2) is 0 Å². The first-order valence-electron chi connectivity index (χ1n) is 9.39. The average Bonchev–Trinajstić information content (AvgIpc) is 3.52. The molecule has 1 saturated heterocycles. The van der Waals surface area contributed by atoms with Crippen LogP contribution in [-0.2, 0) is 4.79 Å². The summed E-state index contributed by atoms with van der Waals surface area (Å²) in [6.07, 6.45) is 4.73. The summed E-state index contributed by atoms with van der Waals surface area (Å²) in [5.74, 6) is -0.631. The maximum atomic E-state index is 12.6. The highest BCUT2D eigenvalue weighted by Crippen LogP contribution is 2.38. The molecule has 0 aromatic carbocycles. The lowest BCUT2D eigenvalue weighted by Crippen LogP contribution is -2.47. The summed E-state index contributed by atoms with van der Waals surface area (Å²) in [4.78, 5) is 43.6. The van der Waals surface area contributed by atoms with Crippen LogP contribution in [0, 0.1) is 0 Å². The SMILES string of the molecule is O=CCCN1CCN(c2nc3c(cc2Cl)c(=O)c(C(=O)O)cn3C2CC2)CC1. The summed E-state index contributed by atoms with van der Waals surface area (Å²) >= 11 is 6.45. The van der Waals surface area contributed by atoms with Crippen LogP contribution in [0.25, 0.3) is 11.0 Å². The Bertz CT molecular complexity index is 994. The predicted octanol–water partition coefficient (Wildman–Crippen LogP) is 1.79. The molecule has 148 valence electrons. The van der Waals surface area contributed by atoms with Crippen LogP contribution >= 0.6 is 11.6 Å². The second kappa shape index (κ2) is 7.52. The molecule has 4 rings (SSSR count). The first-order chi connectivity index (χ1) is 13.5. The van der Waals surface area contributed by atoms with Crippen LogP contribution in [-0.4, -0.2) is 64.5 Å². The quantitative estimate of drug-likeness (QED) is 0.733.